The SMILES string of the molecule is COCCCn1c(S[C@H](C)C#N)nc2cc(C(=O)OC)ccc2c1=O. The van der Waals surface area contributed by atoms with Gasteiger partial charge in [0.25, 0.3) is 5.56 Å². The zero-order chi connectivity index (χ0) is 18.4. The monoisotopic (exact) mass is 361 g/mol. The van der Waals surface area contributed by atoms with Crippen molar-refractivity contribution in [3.63, 3.8) is 0 Å². The molecule has 0 fully saturated rings. The lowest BCUT2D eigenvalue weighted by Crippen LogP contribution is -2.24. The second kappa shape index (κ2) is 8.65. The fourth-order valence-electron chi connectivity index (χ4n) is 2.28. The number of nitrogens with zero attached hydrogens (tertiary/aromatic N) is 3. The van der Waals surface area contributed by atoms with Crippen LogP contribution in [0.25, 0.3) is 10.9 Å². The Morgan fingerprint density at radius 2 is 2.20 bits per heavy atom. The zero-order valence-corrected chi connectivity index (χ0v) is 15.1. The summed E-state index contributed by atoms with van der Waals surface area (Å²) in [5, 5.41) is 9.57. The molecule has 1 heterocycles. The third kappa shape index (κ3) is 4.38. The van der Waals surface area contributed by atoms with Crippen LogP contribution in [0.1, 0.15) is 23.7 Å². The molecule has 1 aromatic heterocycles. The van der Waals surface area contributed by atoms with Gasteiger partial charge in [0.2, 0.25) is 0 Å². The summed E-state index contributed by atoms with van der Waals surface area (Å²) in [5.41, 5.74) is 0.525. The molecule has 0 radical (unpaired) electrons. The van der Waals surface area contributed by atoms with E-state index in [-0.39, 0.29) is 10.8 Å². The number of hydrogen-bond acceptors (Lipinski definition) is 7. The van der Waals surface area contributed by atoms with E-state index < -0.39 is 5.97 Å². The summed E-state index contributed by atoms with van der Waals surface area (Å²) < 4.78 is 11.3. The Morgan fingerprint density at radius 1 is 1.44 bits per heavy atom. The molecular formula is C17H19N3O4S. The predicted octanol–water partition coefficient (Wildman–Crippen LogP) is 2.22. The number of benzene rings is 1. The molecule has 2 rings (SSSR count). The molecule has 132 valence electrons. The van der Waals surface area contributed by atoms with Crippen LogP contribution in [0.3, 0.4) is 0 Å². The minimum absolute atomic E-state index is 0.204. The van der Waals surface area contributed by atoms with E-state index in [0.717, 1.165) is 0 Å². The number of aromatic nitrogens is 2. The van der Waals surface area contributed by atoms with Crippen molar-refractivity contribution in [1.82, 2.24) is 9.55 Å². The maximum atomic E-state index is 12.8. The summed E-state index contributed by atoms with van der Waals surface area (Å²) in [5.74, 6) is -0.493. The summed E-state index contributed by atoms with van der Waals surface area (Å²) in [6, 6.07) is 6.77. The number of carbonyl (C=O) groups is 1. The smallest absolute Gasteiger partial charge is 0.337 e. The third-order valence-corrected chi connectivity index (χ3v) is 4.52. The lowest BCUT2D eigenvalue weighted by atomic mass is 10.1. The van der Waals surface area contributed by atoms with Crippen LogP contribution in [0.2, 0.25) is 0 Å². The van der Waals surface area contributed by atoms with Crippen LogP contribution < -0.4 is 5.56 Å². The maximum Gasteiger partial charge on any atom is 0.337 e. The van der Waals surface area contributed by atoms with Gasteiger partial charge in [-0.25, -0.2) is 9.78 Å². The number of fused-ring (bicyclic) bond motifs is 1. The number of hydrogen-bond donors (Lipinski definition) is 0. The highest BCUT2D eigenvalue weighted by Crippen LogP contribution is 2.23. The Balaban J connectivity index is 2.57. The standard InChI is InChI=1S/C17H19N3O4S/c1-11(10-18)25-17-19-14-9-12(16(22)24-3)5-6-13(14)15(21)20(17)7-4-8-23-2/h5-6,9,11H,4,7-8H2,1-3H3/t11-/m1/s1. The topological polar surface area (TPSA) is 94.2 Å². The molecule has 0 amide bonds. The van der Waals surface area contributed by atoms with Gasteiger partial charge in [0, 0.05) is 20.3 Å². The summed E-state index contributed by atoms with van der Waals surface area (Å²) in [6.45, 7) is 2.70. The molecule has 0 unspecified atom stereocenters. The number of nitriles is 1. The van der Waals surface area contributed by atoms with Crippen LogP contribution >= 0.6 is 11.8 Å². The van der Waals surface area contributed by atoms with Gasteiger partial charge < -0.3 is 9.47 Å². The van der Waals surface area contributed by atoms with E-state index in [9.17, 15) is 9.59 Å². The van der Waals surface area contributed by atoms with Crippen molar-refractivity contribution < 1.29 is 14.3 Å². The minimum Gasteiger partial charge on any atom is -0.465 e. The second-order valence-electron chi connectivity index (χ2n) is 5.31. The highest BCUT2D eigenvalue weighted by Gasteiger charge is 2.16. The van der Waals surface area contributed by atoms with Crippen molar-refractivity contribution in [2.24, 2.45) is 0 Å². The van der Waals surface area contributed by atoms with Crippen molar-refractivity contribution in [2.45, 2.75) is 30.3 Å². The molecule has 1 aromatic carbocycles. The number of carbonyl (C=O) groups excluding carboxylic acids is 1. The van der Waals surface area contributed by atoms with Gasteiger partial charge in [-0.1, -0.05) is 11.8 Å². The molecule has 0 aliphatic heterocycles. The molecule has 1 atom stereocenters. The molecule has 8 heteroatoms. The van der Waals surface area contributed by atoms with Crippen molar-refractivity contribution >= 4 is 28.6 Å². The third-order valence-electron chi connectivity index (χ3n) is 3.54. The minimum atomic E-state index is -0.493. The van der Waals surface area contributed by atoms with Gasteiger partial charge >= 0.3 is 5.97 Å². The predicted molar refractivity (Wildman–Crippen MR) is 94.8 cm³/mol. The average molecular weight is 361 g/mol. The average Bonchev–Trinajstić information content (AvgIpc) is 2.63. The number of rotatable bonds is 7. The van der Waals surface area contributed by atoms with Crippen LogP contribution in [0, 0.1) is 11.3 Å². The molecule has 0 N–H and O–H groups in total. The molecule has 0 saturated carbocycles. The van der Waals surface area contributed by atoms with Gasteiger partial charge in [0.1, 0.15) is 0 Å². The number of thioether (sulfide) groups is 1. The van der Waals surface area contributed by atoms with E-state index in [4.69, 9.17) is 14.7 Å². The van der Waals surface area contributed by atoms with Gasteiger partial charge in [-0.15, -0.1) is 0 Å². The Labute approximate surface area is 149 Å². The van der Waals surface area contributed by atoms with Gasteiger partial charge in [-0.3, -0.25) is 9.36 Å². The highest BCUT2D eigenvalue weighted by atomic mass is 32.2. The zero-order valence-electron chi connectivity index (χ0n) is 14.3. The maximum absolute atomic E-state index is 12.8. The van der Waals surface area contributed by atoms with Crippen LogP contribution in [0.15, 0.2) is 28.2 Å². The van der Waals surface area contributed by atoms with Gasteiger partial charge in [0.05, 0.1) is 34.9 Å². The summed E-state index contributed by atoms with van der Waals surface area (Å²) in [6.07, 6.45) is 0.651. The molecular weight excluding hydrogens is 342 g/mol. The van der Waals surface area contributed by atoms with Gasteiger partial charge in [0.15, 0.2) is 5.16 Å². The van der Waals surface area contributed by atoms with Crippen LogP contribution in [0.5, 0.6) is 0 Å². The molecule has 2 aromatic rings. The Kier molecular flexibility index (Phi) is 6.56. The Bertz CT molecular complexity index is 873. The van der Waals surface area contributed by atoms with Gasteiger partial charge in [-0.2, -0.15) is 5.26 Å². The van der Waals surface area contributed by atoms with E-state index >= 15 is 0 Å². The van der Waals surface area contributed by atoms with Crippen LogP contribution in [-0.2, 0) is 16.0 Å². The Morgan fingerprint density at radius 3 is 2.84 bits per heavy atom. The normalized spacial score (nSPS) is 11.9. The fraction of sp³-hybridized carbons (Fsp3) is 0.412. The largest absolute Gasteiger partial charge is 0.465 e. The van der Waals surface area contributed by atoms with E-state index in [0.29, 0.717) is 41.2 Å². The quantitative estimate of drug-likeness (QED) is 0.323. The molecule has 0 aliphatic rings. The second-order valence-corrected chi connectivity index (χ2v) is 6.62. The van der Waals surface area contributed by atoms with E-state index in [1.165, 1.54) is 24.9 Å². The highest BCUT2D eigenvalue weighted by molar-refractivity contribution is 8.00. The first kappa shape index (κ1) is 19.0. The fourth-order valence-corrected chi connectivity index (χ4v) is 3.11. The lowest BCUT2D eigenvalue weighted by Gasteiger charge is -2.14. The van der Waals surface area contributed by atoms with E-state index in [1.54, 1.807) is 30.7 Å². The summed E-state index contributed by atoms with van der Waals surface area (Å²) in [4.78, 5) is 29.0. The summed E-state index contributed by atoms with van der Waals surface area (Å²) >= 11 is 1.21. The summed E-state index contributed by atoms with van der Waals surface area (Å²) in [7, 11) is 2.90. The molecule has 0 aliphatic carbocycles. The molecule has 0 spiro atoms. The van der Waals surface area contributed by atoms with Crippen molar-refractivity contribution in [1.29, 1.82) is 5.26 Å². The number of methoxy groups -OCH3 is 2. The molecule has 25 heavy (non-hydrogen) atoms. The first-order valence-corrected chi connectivity index (χ1v) is 8.58. The molecule has 0 bridgehead atoms. The van der Waals surface area contributed by atoms with E-state index in [1.807, 2.05) is 0 Å². The lowest BCUT2D eigenvalue weighted by molar-refractivity contribution is 0.0601. The van der Waals surface area contributed by atoms with Crippen molar-refractivity contribution in [2.75, 3.05) is 20.8 Å². The van der Waals surface area contributed by atoms with E-state index in [2.05, 4.69) is 11.1 Å². The first-order valence-electron chi connectivity index (χ1n) is 7.70. The van der Waals surface area contributed by atoms with Gasteiger partial charge in [-0.05, 0) is 31.5 Å². The number of ether oxygens (including phenoxy) is 2. The van der Waals surface area contributed by atoms with Crippen LogP contribution in [-0.4, -0.2) is 41.6 Å². The Hall–Kier alpha value is -2.37. The van der Waals surface area contributed by atoms with Crippen molar-refractivity contribution in [3.05, 3.63) is 34.1 Å². The first-order chi connectivity index (χ1) is 12.0. The number of esters is 1. The molecule has 7 nitrogen and oxygen atoms in total. The van der Waals surface area contributed by atoms with Crippen molar-refractivity contribution in [3.8, 4) is 6.07 Å². The van der Waals surface area contributed by atoms with Crippen LogP contribution in [0.4, 0.5) is 0 Å². The molecule has 0 saturated heterocycles.